The van der Waals surface area contributed by atoms with Gasteiger partial charge in [0.2, 0.25) is 17.7 Å². The van der Waals surface area contributed by atoms with Crippen molar-refractivity contribution in [3.8, 4) is 0 Å². The van der Waals surface area contributed by atoms with Crippen molar-refractivity contribution in [2.45, 2.75) is 50.0 Å². The predicted octanol–water partition coefficient (Wildman–Crippen LogP) is 1.56. The molecule has 1 aromatic carbocycles. The third-order valence-corrected chi connectivity index (χ3v) is 4.91. The summed E-state index contributed by atoms with van der Waals surface area (Å²) >= 11 is 0. The van der Waals surface area contributed by atoms with Crippen LogP contribution >= 0.6 is 0 Å². The van der Waals surface area contributed by atoms with Crippen LogP contribution in [0.2, 0.25) is 0 Å². The molecule has 0 radical (unpaired) electrons. The van der Waals surface area contributed by atoms with E-state index in [0.29, 0.717) is 24.1 Å². The quantitative estimate of drug-likeness (QED) is 0.782. The van der Waals surface area contributed by atoms with Crippen LogP contribution in [-0.2, 0) is 14.4 Å². The first-order valence-corrected chi connectivity index (χ1v) is 8.12. The Morgan fingerprint density at radius 3 is 2.62 bits per heavy atom. The Balaban J connectivity index is 1.87. The average Bonchev–Trinajstić information content (AvgIpc) is 2.54. The lowest BCUT2D eigenvalue weighted by atomic mass is 9.80. The van der Waals surface area contributed by atoms with Crippen LogP contribution in [0.4, 0.5) is 10.1 Å². The molecule has 1 aliphatic carbocycles. The number of rotatable bonds is 3. The fourth-order valence-electron chi connectivity index (χ4n) is 3.58. The van der Waals surface area contributed by atoms with Crippen molar-refractivity contribution in [3.05, 3.63) is 29.6 Å². The van der Waals surface area contributed by atoms with Crippen molar-refractivity contribution in [2.75, 3.05) is 5.32 Å². The van der Waals surface area contributed by atoms with Crippen molar-refractivity contribution in [1.82, 2.24) is 5.32 Å². The van der Waals surface area contributed by atoms with Crippen molar-refractivity contribution in [3.63, 3.8) is 0 Å². The molecule has 0 saturated heterocycles. The predicted molar refractivity (Wildman–Crippen MR) is 85.5 cm³/mol. The van der Waals surface area contributed by atoms with Gasteiger partial charge in [0.05, 0.1) is 5.92 Å². The van der Waals surface area contributed by atoms with E-state index in [0.717, 1.165) is 19.3 Å². The highest BCUT2D eigenvalue weighted by Gasteiger charge is 2.42. The number of hydrogen-bond donors (Lipinski definition) is 3. The molecule has 6 nitrogen and oxygen atoms in total. The largest absolute Gasteiger partial charge is 0.368 e. The molecule has 1 saturated carbocycles. The van der Waals surface area contributed by atoms with E-state index in [4.69, 9.17) is 5.73 Å². The van der Waals surface area contributed by atoms with E-state index < -0.39 is 29.1 Å². The first kappa shape index (κ1) is 16.4. The highest BCUT2D eigenvalue weighted by atomic mass is 19.1. The number of amides is 3. The summed E-state index contributed by atoms with van der Waals surface area (Å²) in [4.78, 5) is 36.6. The maximum Gasteiger partial charge on any atom is 0.243 e. The third kappa shape index (κ3) is 2.98. The summed E-state index contributed by atoms with van der Waals surface area (Å²) in [6.07, 6.45) is 3.59. The van der Waals surface area contributed by atoms with Gasteiger partial charge in [0, 0.05) is 12.1 Å². The molecule has 1 aromatic rings. The third-order valence-electron chi connectivity index (χ3n) is 4.91. The average molecular weight is 333 g/mol. The summed E-state index contributed by atoms with van der Waals surface area (Å²) in [5.74, 6) is -2.57. The number of nitrogens with one attached hydrogen (secondary N) is 2. The number of carbonyl (C=O) groups excluding carboxylic acids is 3. The molecule has 3 rings (SSSR count). The van der Waals surface area contributed by atoms with Gasteiger partial charge in [0.1, 0.15) is 11.4 Å². The molecule has 0 aromatic heterocycles. The van der Waals surface area contributed by atoms with Gasteiger partial charge in [-0.2, -0.15) is 0 Å². The molecular weight excluding hydrogens is 313 g/mol. The number of benzene rings is 1. The number of anilines is 1. The molecule has 0 bridgehead atoms. The summed E-state index contributed by atoms with van der Waals surface area (Å²) in [5.41, 5.74) is 5.33. The number of hydrogen-bond acceptors (Lipinski definition) is 3. The zero-order chi connectivity index (χ0) is 17.3. The Morgan fingerprint density at radius 1 is 1.25 bits per heavy atom. The van der Waals surface area contributed by atoms with E-state index in [1.54, 1.807) is 0 Å². The minimum absolute atomic E-state index is 0.0424. The molecule has 128 valence electrons. The van der Waals surface area contributed by atoms with E-state index in [2.05, 4.69) is 10.6 Å². The summed E-state index contributed by atoms with van der Waals surface area (Å²) in [5, 5.41) is 5.36. The van der Waals surface area contributed by atoms with Gasteiger partial charge in [0.25, 0.3) is 0 Å². The Kier molecular flexibility index (Phi) is 4.26. The molecule has 7 heteroatoms. The van der Waals surface area contributed by atoms with E-state index in [9.17, 15) is 18.8 Å². The minimum Gasteiger partial charge on any atom is -0.368 e. The summed E-state index contributed by atoms with van der Waals surface area (Å²) < 4.78 is 13.4. The zero-order valence-corrected chi connectivity index (χ0v) is 13.2. The Labute approximate surface area is 139 Å². The molecule has 1 heterocycles. The smallest absolute Gasteiger partial charge is 0.243 e. The zero-order valence-electron chi connectivity index (χ0n) is 13.2. The highest BCUT2D eigenvalue weighted by molar-refractivity contribution is 6.02. The number of primary amides is 1. The molecule has 1 unspecified atom stereocenters. The van der Waals surface area contributed by atoms with Gasteiger partial charge in [-0.15, -0.1) is 0 Å². The topological polar surface area (TPSA) is 101 Å². The molecule has 1 fully saturated rings. The van der Waals surface area contributed by atoms with Gasteiger partial charge in [-0.3, -0.25) is 14.4 Å². The van der Waals surface area contributed by atoms with Gasteiger partial charge in [-0.05, 0) is 30.5 Å². The Morgan fingerprint density at radius 2 is 1.96 bits per heavy atom. The van der Waals surface area contributed by atoms with Crippen LogP contribution in [0.3, 0.4) is 0 Å². The van der Waals surface area contributed by atoms with E-state index >= 15 is 0 Å². The van der Waals surface area contributed by atoms with Crippen LogP contribution in [0.15, 0.2) is 18.2 Å². The normalized spacial score (nSPS) is 22.2. The van der Waals surface area contributed by atoms with E-state index in [1.165, 1.54) is 18.2 Å². The molecule has 4 N–H and O–H groups in total. The van der Waals surface area contributed by atoms with E-state index in [-0.39, 0.29) is 12.3 Å². The second-order valence-electron chi connectivity index (χ2n) is 6.53. The first-order chi connectivity index (χ1) is 11.4. The molecule has 1 atom stereocenters. The molecule has 0 spiro atoms. The minimum atomic E-state index is -1.05. The van der Waals surface area contributed by atoms with Crippen molar-refractivity contribution in [2.24, 2.45) is 5.73 Å². The van der Waals surface area contributed by atoms with Gasteiger partial charge in [-0.1, -0.05) is 25.3 Å². The second-order valence-corrected chi connectivity index (χ2v) is 6.53. The lowest BCUT2D eigenvalue weighted by molar-refractivity contribution is -0.134. The Bertz CT molecular complexity index is 698. The van der Waals surface area contributed by atoms with Crippen LogP contribution in [-0.4, -0.2) is 23.3 Å². The molecule has 1 aliphatic heterocycles. The number of fused-ring (bicyclic) bond motifs is 1. The van der Waals surface area contributed by atoms with Crippen molar-refractivity contribution in [1.29, 1.82) is 0 Å². The van der Waals surface area contributed by atoms with Crippen LogP contribution in [0.1, 0.15) is 50.0 Å². The van der Waals surface area contributed by atoms with Crippen molar-refractivity contribution < 1.29 is 18.8 Å². The lowest BCUT2D eigenvalue weighted by Gasteiger charge is -2.37. The maximum atomic E-state index is 13.4. The summed E-state index contributed by atoms with van der Waals surface area (Å²) in [7, 11) is 0. The number of nitrogens with two attached hydrogens (primary N) is 1. The number of halogens is 1. The van der Waals surface area contributed by atoms with Crippen molar-refractivity contribution >= 4 is 23.4 Å². The monoisotopic (exact) mass is 333 g/mol. The van der Waals surface area contributed by atoms with Gasteiger partial charge >= 0.3 is 0 Å². The molecule has 3 amide bonds. The van der Waals surface area contributed by atoms with Crippen LogP contribution in [0.25, 0.3) is 0 Å². The summed E-state index contributed by atoms with van der Waals surface area (Å²) in [6, 6.07) is 3.93. The second kappa shape index (κ2) is 6.22. The lowest BCUT2D eigenvalue weighted by Crippen LogP contribution is -2.59. The highest BCUT2D eigenvalue weighted by Crippen LogP contribution is 2.35. The Hall–Kier alpha value is -2.44. The molecular formula is C17H20FN3O3. The standard InChI is InChI=1S/C17H20FN3O3/c18-10-4-5-11-12(9-14(22)20-13(11)8-10)15(23)21-17(16(19)24)6-2-1-3-7-17/h4-5,8,12H,1-3,6-7,9H2,(H2,19,24)(H,20,22)(H,21,23). The maximum absolute atomic E-state index is 13.4. The summed E-state index contributed by atoms with van der Waals surface area (Å²) in [6.45, 7) is 0. The molecule has 24 heavy (non-hydrogen) atoms. The first-order valence-electron chi connectivity index (χ1n) is 8.12. The fraction of sp³-hybridized carbons (Fsp3) is 0.471. The van der Waals surface area contributed by atoms with Gasteiger partial charge in [0.15, 0.2) is 0 Å². The SMILES string of the molecule is NC(=O)C1(NC(=O)C2CC(=O)Nc3cc(F)ccc32)CCCCC1. The van der Waals surface area contributed by atoms with Crippen LogP contribution in [0.5, 0.6) is 0 Å². The van der Waals surface area contributed by atoms with Crippen LogP contribution < -0.4 is 16.4 Å². The van der Waals surface area contributed by atoms with Gasteiger partial charge < -0.3 is 16.4 Å². The van der Waals surface area contributed by atoms with E-state index in [1.807, 2.05) is 0 Å². The number of carbonyl (C=O) groups is 3. The van der Waals surface area contributed by atoms with Crippen LogP contribution in [0, 0.1) is 5.82 Å². The fourth-order valence-corrected chi connectivity index (χ4v) is 3.58. The molecule has 2 aliphatic rings. The van der Waals surface area contributed by atoms with Gasteiger partial charge in [-0.25, -0.2) is 4.39 Å².